The molecule has 2 saturated carbocycles. The van der Waals surface area contributed by atoms with Crippen LogP contribution < -0.4 is 5.32 Å². The van der Waals surface area contributed by atoms with Crippen LogP contribution in [0.25, 0.3) is 0 Å². The lowest BCUT2D eigenvalue weighted by Gasteiger charge is -2.24. The van der Waals surface area contributed by atoms with Gasteiger partial charge in [-0.1, -0.05) is 37.2 Å². The zero-order valence-corrected chi connectivity index (χ0v) is 11.3. The van der Waals surface area contributed by atoms with E-state index in [1.807, 2.05) is 0 Å². The van der Waals surface area contributed by atoms with Gasteiger partial charge in [0, 0.05) is 6.04 Å². The maximum atomic E-state index is 10.0. The molecule has 1 aromatic heterocycles. The standard InChI is InChI=1S/C14H23N3O2/c18-12-9-5-4-8-11(12)13-16-17-14(19-13)15-10-6-2-1-3-7-10/h10-12,18H,1-9H2,(H,15,17). The van der Waals surface area contributed by atoms with Gasteiger partial charge in [-0.3, -0.25) is 0 Å². The lowest BCUT2D eigenvalue weighted by Crippen LogP contribution is -2.23. The van der Waals surface area contributed by atoms with Crippen LogP contribution in [0.3, 0.4) is 0 Å². The molecule has 0 spiro atoms. The molecule has 0 aromatic carbocycles. The second kappa shape index (κ2) is 5.90. The van der Waals surface area contributed by atoms with Gasteiger partial charge in [-0.2, -0.15) is 0 Å². The third-order valence-electron chi connectivity index (χ3n) is 4.42. The molecule has 0 aliphatic heterocycles. The SMILES string of the molecule is OC1CCCCC1c1nnc(NC2CCCCC2)o1. The van der Waals surface area contributed by atoms with Crippen molar-refractivity contribution in [3.05, 3.63) is 5.89 Å². The second-order valence-corrected chi connectivity index (χ2v) is 5.88. The normalized spacial score (nSPS) is 29.3. The van der Waals surface area contributed by atoms with E-state index in [0.29, 0.717) is 17.9 Å². The van der Waals surface area contributed by atoms with E-state index in [1.165, 1.54) is 32.1 Å². The molecule has 2 aliphatic rings. The Bertz CT molecular complexity index is 401. The number of nitrogens with one attached hydrogen (secondary N) is 1. The number of aromatic nitrogens is 2. The van der Waals surface area contributed by atoms with Gasteiger partial charge < -0.3 is 14.8 Å². The summed E-state index contributed by atoms with van der Waals surface area (Å²) in [7, 11) is 0. The molecular weight excluding hydrogens is 242 g/mol. The van der Waals surface area contributed by atoms with Gasteiger partial charge in [0.2, 0.25) is 5.89 Å². The third-order valence-corrected chi connectivity index (χ3v) is 4.42. The smallest absolute Gasteiger partial charge is 0.315 e. The maximum Gasteiger partial charge on any atom is 0.315 e. The van der Waals surface area contributed by atoms with E-state index >= 15 is 0 Å². The largest absolute Gasteiger partial charge is 0.408 e. The van der Waals surface area contributed by atoms with E-state index in [1.54, 1.807) is 0 Å². The third kappa shape index (κ3) is 3.08. The van der Waals surface area contributed by atoms with Crippen molar-refractivity contribution < 1.29 is 9.52 Å². The first kappa shape index (κ1) is 12.9. The van der Waals surface area contributed by atoms with Crippen molar-refractivity contribution in [2.24, 2.45) is 0 Å². The molecule has 5 nitrogen and oxygen atoms in total. The van der Waals surface area contributed by atoms with Crippen LogP contribution in [0.2, 0.25) is 0 Å². The molecule has 0 radical (unpaired) electrons. The predicted octanol–water partition coefficient (Wildman–Crippen LogP) is 2.83. The number of rotatable bonds is 3. The van der Waals surface area contributed by atoms with E-state index in [9.17, 15) is 5.11 Å². The molecule has 19 heavy (non-hydrogen) atoms. The van der Waals surface area contributed by atoms with Gasteiger partial charge in [0.05, 0.1) is 12.0 Å². The van der Waals surface area contributed by atoms with Crippen LogP contribution in [0.4, 0.5) is 6.01 Å². The summed E-state index contributed by atoms with van der Waals surface area (Å²) in [6, 6.07) is 0.998. The Morgan fingerprint density at radius 1 is 0.947 bits per heavy atom. The number of hydrogen-bond acceptors (Lipinski definition) is 5. The predicted molar refractivity (Wildman–Crippen MR) is 72.0 cm³/mol. The van der Waals surface area contributed by atoms with E-state index < -0.39 is 0 Å². The van der Waals surface area contributed by atoms with Crippen molar-refractivity contribution in [1.29, 1.82) is 0 Å². The quantitative estimate of drug-likeness (QED) is 0.879. The summed E-state index contributed by atoms with van der Waals surface area (Å²) in [6.45, 7) is 0. The molecule has 2 unspecified atom stereocenters. The highest BCUT2D eigenvalue weighted by atomic mass is 16.4. The summed E-state index contributed by atoms with van der Waals surface area (Å²) in [5.74, 6) is 0.633. The molecule has 2 fully saturated rings. The molecule has 106 valence electrons. The number of nitrogens with zero attached hydrogens (tertiary/aromatic N) is 2. The summed E-state index contributed by atoms with van der Waals surface area (Å²) in [5, 5.41) is 21.5. The zero-order chi connectivity index (χ0) is 13.1. The summed E-state index contributed by atoms with van der Waals surface area (Å²) < 4.78 is 5.70. The summed E-state index contributed by atoms with van der Waals surface area (Å²) in [4.78, 5) is 0. The Morgan fingerprint density at radius 2 is 1.68 bits per heavy atom. The van der Waals surface area contributed by atoms with Crippen LogP contribution in [-0.2, 0) is 0 Å². The first-order chi connectivity index (χ1) is 9.33. The van der Waals surface area contributed by atoms with Crippen LogP contribution in [-0.4, -0.2) is 27.4 Å². The first-order valence-corrected chi connectivity index (χ1v) is 7.61. The van der Waals surface area contributed by atoms with Gasteiger partial charge in [0.1, 0.15) is 0 Å². The monoisotopic (exact) mass is 265 g/mol. The van der Waals surface area contributed by atoms with Crippen LogP contribution in [0.15, 0.2) is 4.42 Å². The lowest BCUT2D eigenvalue weighted by atomic mass is 9.86. The van der Waals surface area contributed by atoms with Crippen LogP contribution in [0.1, 0.15) is 69.6 Å². The topological polar surface area (TPSA) is 71.2 Å². The van der Waals surface area contributed by atoms with Crippen molar-refractivity contribution in [3.63, 3.8) is 0 Å². The summed E-state index contributed by atoms with van der Waals surface area (Å²) in [6.07, 6.45) is 9.96. The molecule has 0 amide bonds. The molecule has 2 N–H and O–H groups in total. The minimum atomic E-state index is -0.322. The molecule has 0 bridgehead atoms. The van der Waals surface area contributed by atoms with Gasteiger partial charge in [0.15, 0.2) is 0 Å². The molecular formula is C14H23N3O2. The summed E-state index contributed by atoms with van der Waals surface area (Å²) >= 11 is 0. The Balaban J connectivity index is 1.61. The minimum Gasteiger partial charge on any atom is -0.408 e. The number of hydrogen-bond donors (Lipinski definition) is 2. The van der Waals surface area contributed by atoms with Crippen molar-refractivity contribution in [1.82, 2.24) is 10.2 Å². The van der Waals surface area contributed by atoms with Gasteiger partial charge in [-0.05, 0) is 25.7 Å². The molecule has 0 saturated heterocycles. The van der Waals surface area contributed by atoms with Crippen molar-refractivity contribution >= 4 is 6.01 Å². The minimum absolute atomic E-state index is 0.0307. The van der Waals surface area contributed by atoms with E-state index in [0.717, 1.165) is 25.7 Å². The molecule has 1 heterocycles. The first-order valence-electron chi connectivity index (χ1n) is 7.61. The Hall–Kier alpha value is -1.10. The second-order valence-electron chi connectivity index (χ2n) is 5.88. The fourth-order valence-corrected chi connectivity index (χ4v) is 3.26. The van der Waals surface area contributed by atoms with E-state index in [-0.39, 0.29) is 12.0 Å². The van der Waals surface area contributed by atoms with Crippen molar-refractivity contribution in [3.8, 4) is 0 Å². The number of aliphatic hydroxyl groups excluding tert-OH is 1. The van der Waals surface area contributed by atoms with Crippen LogP contribution in [0, 0.1) is 0 Å². The zero-order valence-electron chi connectivity index (χ0n) is 11.3. The molecule has 5 heteroatoms. The Labute approximate surface area is 113 Å². The average molecular weight is 265 g/mol. The number of aliphatic hydroxyl groups is 1. The van der Waals surface area contributed by atoms with Gasteiger partial charge in [-0.25, -0.2) is 0 Å². The Morgan fingerprint density at radius 3 is 2.47 bits per heavy atom. The fraction of sp³-hybridized carbons (Fsp3) is 0.857. The van der Waals surface area contributed by atoms with Gasteiger partial charge >= 0.3 is 6.01 Å². The Kier molecular flexibility index (Phi) is 4.01. The van der Waals surface area contributed by atoms with E-state index in [2.05, 4.69) is 15.5 Å². The van der Waals surface area contributed by atoms with Crippen molar-refractivity contribution in [2.45, 2.75) is 75.9 Å². The fourth-order valence-electron chi connectivity index (χ4n) is 3.26. The molecule has 2 aliphatic carbocycles. The van der Waals surface area contributed by atoms with Gasteiger partial charge in [-0.15, -0.1) is 5.10 Å². The maximum absolute atomic E-state index is 10.0. The highest BCUT2D eigenvalue weighted by Gasteiger charge is 2.29. The van der Waals surface area contributed by atoms with Crippen molar-refractivity contribution in [2.75, 3.05) is 5.32 Å². The molecule has 2 atom stereocenters. The molecule has 1 aromatic rings. The average Bonchev–Trinajstić information content (AvgIpc) is 2.89. The summed E-state index contributed by atoms with van der Waals surface area (Å²) in [5.41, 5.74) is 0. The highest BCUT2D eigenvalue weighted by Crippen LogP contribution is 2.33. The lowest BCUT2D eigenvalue weighted by molar-refractivity contribution is 0.0943. The van der Waals surface area contributed by atoms with E-state index in [4.69, 9.17) is 4.42 Å². The van der Waals surface area contributed by atoms with Crippen LogP contribution >= 0.6 is 0 Å². The molecule has 3 rings (SSSR count). The number of anilines is 1. The van der Waals surface area contributed by atoms with Gasteiger partial charge in [0.25, 0.3) is 0 Å². The van der Waals surface area contributed by atoms with Crippen LogP contribution in [0.5, 0.6) is 0 Å². The highest BCUT2D eigenvalue weighted by molar-refractivity contribution is 5.20.